The topological polar surface area (TPSA) is 12.9 Å². The lowest BCUT2D eigenvalue weighted by Crippen LogP contribution is -2.10. The summed E-state index contributed by atoms with van der Waals surface area (Å²) in [4.78, 5) is 4.23. The fourth-order valence-corrected chi connectivity index (χ4v) is 4.11. The van der Waals surface area contributed by atoms with E-state index in [4.69, 9.17) is 0 Å². The maximum Gasteiger partial charge on any atom is 0.0409 e. The number of hydrogen-bond acceptors (Lipinski definition) is 3. The van der Waals surface area contributed by atoms with Crippen molar-refractivity contribution in [2.75, 3.05) is 0 Å². The first kappa shape index (κ1) is 26.6. The maximum absolute atomic E-state index is 4.03. The van der Waals surface area contributed by atoms with Crippen LogP contribution in [-0.4, -0.2) is 4.37 Å². The van der Waals surface area contributed by atoms with E-state index in [1.807, 2.05) is 17.5 Å². The van der Waals surface area contributed by atoms with Gasteiger partial charge in [-0.25, -0.2) is 4.37 Å². The molecule has 3 aromatic rings. The summed E-state index contributed by atoms with van der Waals surface area (Å²) in [6, 6.07) is 15.2. The summed E-state index contributed by atoms with van der Waals surface area (Å²) in [6.07, 6.45) is 1.85. The van der Waals surface area contributed by atoms with E-state index in [0.717, 1.165) is 0 Å². The third-order valence-corrected chi connectivity index (χ3v) is 7.14. The number of aromatic nitrogens is 1. The van der Waals surface area contributed by atoms with Crippen LogP contribution in [0.15, 0.2) is 48.7 Å². The molecule has 0 spiro atoms. The van der Waals surface area contributed by atoms with Crippen molar-refractivity contribution in [1.29, 1.82) is 0 Å². The first-order chi connectivity index (χ1) is 13.6. The monoisotopic (exact) mass is 443 g/mol. The molecule has 0 atom stereocenters. The van der Waals surface area contributed by atoms with E-state index in [-0.39, 0.29) is 10.8 Å². The van der Waals surface area contributed by atoms with Gasteiger partial charge < -0.3 is 0 Å². The summed E-state index contributed by atoms with van der Waals surface area (Å²) in [7, 11) is 0. The lowest BCUT2D eigenvalue weighted by molar-refractivity contribution is 0.590. The van der Waals surface area contributed by atoms with E-state index in [1.165, 1.54) is 25.8 Å². The molecule has 0 radical (unpaired) electrons. The van der Waals surface area contributed by atoms with E-state index in [0.29, 0.717) is 5.41 Å². The van der Waals surface area contributed by atoms with E-state index in [9.17, 15) is 0 Å². The van der Waals surface area contributed by atoms with Gasteiger partial charge in [-0.2, -0.15) is 0 Å². The van der Waals surface area contributed by atoms with Crippen LogP contribution in [-0.2, 0) is 16.2 Å². The van der Waals surface area contributed by atoms with Crippen LogP contribution in [0.3, 0.4) is 0 Å². The number of nitrogens with zero attached hydrogens (tertiary/aromatic N) is 1. The molecule has 3 heteroatoms. The number of hydrogen-bond donors (Lipinski definition) is 0. The average molecular weight is 444 g/mol. The average Bonchev–Trinajstić information content (AvgIpc) is 3.25. The van der Waals surface area contributed by atoms with Crippen molar-refractivity contribution in [3.63, 3.8) is 0 Å². The Morgan fingerprint density at radius 3 is 1.53 bits per heavy atom. The van der Waals surface area contributed by atoms with Crippen molar-refractivity contribution in [2.24, 2.45) is 0 Å². The predicted octanol–water partition coefficient (Wildman–Crippen LogP) is 9.09. The van der Waals surface area contributed by atoms with Gasteiger partial charge in [0.2, 0.25) is 0 Å². The zero-order valence-electron chi connectivity index (χ0n) is 20.9. The van der Waals surface area contributed by atoms with Crippen LogP contribution in [0.1, 0.15) is 88.1 Å². The van der Waals surface area contributed by atoms with Crippen LogP contribution < -0.4 is 0 Å². The fourth-order valence-electron chi connectivity index (χ4n) is 2.55. The number of benzene rings is 1. The van der Waals surface area contributed by atoms with Gasteiger partial charge in [0.15, 0.2) is 0 Å². The first-order valence-electron chi connectivity index (χ1n) is 10.7. The van der Waals surface area contributed by atoms with Crippen molar-refractivity contribution < 1.29 is 0 Å². The summed E-state index contributed by atoms with van der Waals surface area (Å²) in [6.45, 7) is 24.3. The Morgan fingerprint density at radius 2 is 1.27 bits per heavy atom. The second kappa shape index (κ2) is 10.7. The van der Waals surface area contributed by atoms with E-state index >= 15 is 0 Å². The Morgan fingerprint density at radius 1 is 0.667 bits per heavy atom. The molecule has 2 heterocycles. The van der Waals surface area contributed by atoms with Gasteiger partial charge in [0.05, 0.1) is 0 Å². The molecule has 0 unspecified atom stereocenters. The number of thiophene rings is 1. The van der Waals surface area contributed by atoms with Crippen LogP contribution in [0, 0.1) is 13.8 Å². The molecule has 3 rings (SSSR count). The molecule has 166 valence electrons. The van der Waals surface area contributed by atoms with Gasteiger partial charge in [-0.15, -0.1) is 11.3 Å². The van der Waals surface area contributed by atoms with Crippen molar-refractivity contribution in [3.05, 3.63) is 74.4 Å². The Kier molecular flexibility index (Phi) is 9.51. The molecular weight excluding hydrogens is 402 g/mol. The molecule has 0 fully saturated rings. The Bertz CT molecular complexity index is 867. The van der Waals surface area contributed by atoms with Gasteiger partial charge in [0.1, 0.15) is 0 Å². The van der Waals surface area contributed by atoms with E-state index < -0.39 is 0 Å². The highest BCUT2D eigenvalue weighted by molar-refractivity contribution is 7.12. The van der Waals surface area contributed by atoms with Gasteiger partial charge in [0, 0.05) is 20.8 Å². The van der Waals surface area contributed by atoms with Crippen LogP contribution in [0.5, 0.6) is 0 Å². The zero-order valence-corrected chi connectivity index (χ0v) is 22.5. The molecular formula is C27H41NS2. The van der Waals surface area contributed by atoms with Gasteiger partial charge >= 0.3 is 0 Å². The highest BCUT2D eigenvalue weighted by atomic mass is 32.1. The van der Waals surface area contributed by atoms with Crippen molar-refractivity contribution >= 4 is 22.9 Å². The van der Waals surface area contributed by atoms with Crippen molar-refractivity contribution in [1.82, 2.24) is 4.37 Å². The second-order valence-electron chi connectivity index (χ2n) is 10.9. The molecule has 1 aromatic carbocycles. The third-order valence-electron chi connectivity index (χ3n) is 4.54. The molecule has 0 bridgehead atoms. The first-order valence-corrected chi connectivity index (χ1v) is 12.2. The fraction of sp³-hybridized carbons (Fsp3) is 0.519. The normalized spacial score (nSPS) is 11.8. The molecule has 0 N–H and O–H groups in total. The summed E-state index contributed by atoms with van der Waals surface area (Å²) in [5.41, 5.74) is 3.65. The van der Waals surface area contributed by atoms with Gasteiger partial charge in [0.25, 0.3) is 0 Å². The largest absolute Gasteiger partial charge is 0.201 e. The highest BCUT2D eigenvalue weighted by Crippen LogP contribution is 2.28. The lowest BCUT2D eigenvalue weighted by Gasteiger charge is -2.19. The van der Waals surface area contributed by atoms with Crippen molar-refractivity contribution in [2.45, 2.75) is 92.4 Å². The molecule has 0 aliphatic heterocycles. The van der Waals surface area contributed by atoms with Crippen LogP contribution in [0.2, 0.25) is 0 Å². The van der Waals surface area contributed by atoms with Crippen molar-refractivity contribution in [3.8, 4) is 0 Å². The minimum absolute atomic E-state index is 0.279. The molecule has 2 aromatic heterocycles. The Labute approximate surface area is 193 Å². The van der Waals surface area contributed by atoms with Crippen LogP contribution in [0.4, 0.5) is 0 Å². The van der Waals surface area contributed by atoms with E-state index in [1.54, 1.807) is 11.5 Å². The number of aryl methyl sites for hydroxylation is 2. The summed E-state index contributed by atoms with van der Waals surface area (Å²) in [5.74, 6) is 0. The smallest absolute Gasteiger partial charge is 0.0409 e. The predicted molar refractivity (Wildman–Crippen MR) is 138 cm³/mol. The van der Waals surface area contributed by atoms with Gasteiger partial charge in [-0.05, 0) is 65.4 Å². The molecule has 1 nitrogen and oxygen atoms in total. The quantitative estimate of drug-likeness (QED) is 0.337. The molecule has 0 amide bonds. The number of rotatable bonds is 0. The summed E-state index contributed by atoms with van der Waals surface area (Å²) >= 11 is 3.47. The molecule has 0 aliphatic carbocycles. The highest BCUT2D eigenvalue weighted by Gasteiger charge is 2.15. The standard InChI is InChI=1S/C11H16.C9H14S.C7H11NS/c1-9-6-5-7-10(8-9)11(2,3)4;1-7-5-6-8(10-7)9(2,3)4;1-7(2,3)6-4-5-8-9-6/h5-8H,1-4H3;5-6H,1-4H3;4-5H,1-3H3. The lowest BCUT2D eigenvalue weighted by atomic mass is 9.86. The summed E-state index contributed by atoms with van der Waals surface area (Å²) in [5, 5.41) is 0. The Balaban J connectivity index is 0.000000226. The van der Waals surface area contributed by atoms with Crippen LogP contribution in [0.25, 0.3) is 0 Å². The minimum atomic E-state index is 0.279. The van der Waals surface area contributed by atoms with Gasteiger partial charge in [-0.1, -0.05) is 92.1 Å². The van der Waals surface area contributed by atoms with Gasteiger partial charge in [-0.3, -0.25) is 0 Å². The molecule has 30 heavy (non-hydrogen) atoms. The Hall–Kier alpha value is -1.45. The maximum atomic E-state index is 4.03. The minimum Gasteiger partial charge on any atom is -0.201 e. The molecule has 0 saturated carbocycles. The second-order valence-corrected chi connectivity index (χ2v) is 13.0. The van der Waals surface area contributed by atoms with Crippen LogP contribution >= 0.6 is 22.9 Å². The summed E-state index contributed by atoms with van der Waals surface area (Å²) < 4.78 is 4.03. The van der Waals surface area contributed by atoms with E-state index in [2.05, 4.69) is 123 Å². The zero-order chi connectivity index (χ0) is 23.2. The third kappa shape index (κ3) is 9.57. The molecule has 0 aliphatic rings. The molecule has 0 saturated heterocycles. The SMILES string of the molecule is CC(C)(C)c1ccns1.Cc1ccc(C(C)(C)C)s1.Cc1cccc(C(C)(C)C)c1.